The molecular formula is C19H21N3O7S. The van der Waals surface area contributed by atoms with Crippen molar-refractivity contribution in [2.45, 2.75) is 19.4 Å². The summed E-state index contributed by atoms with van der Waals surface area (Å²) in [6.45, 7) is 1.72. The maximum absolute atomic E-state index is 11.5. The Labute approximate surface area is 173 Å². The van der Waals surface area contributed by atoms with Crippen molar-refractivity contribution in [2.75, 3.05) is 20.1 Å². The minimum Gasteiger partial charge on any atom is -0.454 e. The molecule has 2 aromatic carbocycles. The molecule has 0 aliphatic carbocycles. The van der Waals surface area contributed by atoms with Gasteiger partial charge in [0.2, 0.25) is 6.79 Å². The first kappa shape index (κ1) is 21.5. The smallest absolute Gasteiger partial charge is 0.269 e. The van der Waals surface area contributed by atoms with E-state index in [4.69, 9.17) is 13.7 Å². The highest BCUT2D eigenvalue weighted by Gasteiger charge is 2.23. The van der Waals surface area contributed by atoms with Crippen LogP contribution in [0, 0.1) is 10.1 Å². The lowest BCUT2D eigenvalue weighted by Gasteiger charge is -2.17. The van der Waals surface area contributed by atoms with E-state index < -0.39 is 21.1 Å². The number of nitro groups is 1. The van der Waals surface area contributed by atoms with E-state index in [1.54, 1.807) is 38.2 Å². The maximum Gasteiger partial charge on any atom is 0.269 e. The second kappa shape index (κ2) is 8.67. The number of fused-ring (bicyclic) bond motifs is 1. The minimum absolute atomic E-state index is 0.0383. The molecule has 0 spiro atoms. The normalized spacial score (nSPS) is 14.4. The van der Waals surface area contributed by atoms with Crippen molar-refractivity contribution in [1.82, 2.24) is 5.43 Å². The molecule has 1 heterocycles. The van der Waals surface area contributed by atoms with Crippen LogP contribution in [0.4, 0.5) is 5.69 Å². The fourth-order valence-electron chi connectivity index (χ4n) is 3.15. The van der Waals surface area contributed by atoms with Crippen LogP contribution >= 0.6 is 0 Å². The molecule has 0 bridgehead atoms. The van der Waals surface area contributed by atoms with E-state index in [1.165, 1.54) is 12.1 Å². The number of nitrogens with one attached hydrogen (secondary N) is 1. The molecule has 30 heavy (non-hydrogen) atoms. The third kappa shape index (κ3) is 5.05. The van der Waals surface area contributed by atoms with Crippen molar-refractivity contribution >= 4 is 21.5 Å². The summed E-state index contributed by atoms with van der Waals surface area (Å²) < 4.78 is 39.0. The fraction of sp³-hybridized carbons (Fsp3) is 0.316. The summed E-state index contributed by atoms with van der Waals surface area (Å²) in [6.07, 6.45) is 0.621. The Bertz CT molecular complexity index is 1080. The lowest BCUT2D eigenvalue weighted by molar-refractivity contribution is -0.384. The Morgan fingerprint density at radius 3 is 2.47 bits per heavy atom. The molecule has 0 unspecified atom stereocenters. The topological polar surface area (TPSA) is 129 Å². The summed E-state index contributed by atoms with van der Waals surface area (Å²) in [5.74, 6) is 1.06. The Morgan fingerprint density at radius 1 is 1.27 bits per heavy atom. The predicted molar refractivity (Wildman–Crippen MR) is 109 cm³/mol. The van der Waals surface area contributed by atoms with Crippen LogP contribution < -0.4 is 14.9 Å². The number of benzene rings is 2. The zero-order valence-electron chi connectivity index (χ0n) is 16.6. The molecule has 0 saturated carbocycles. The van der Waals surface area contributed by atoms with Gasteiger partial charge in [0, 0.05) is 36.7 Å². The standard InChI is InChI=1S/C19H21N3O7S/c1-12(29-30(3,25)26)8-14-9-17-18(28-11-27-17)10-16(14)19(21-20-2)13-4-6-15(7-5-13)22(23)24/h4-7,9-10,12,20H,8,11H2,1-3H3/t12-/m0/s1. The number of ether oxygens (including phenoxy) is 2. The lowest BCUT2D eigenvalue weighted by Crippen LogP contribution is -2.19. The first-order chi connectivity index (χ1) is 14.2. The van der Waals surface area contributed by atoms with Crippen LogP contribution in [0.25, 0.3) is 0 Å². The van der Waals surface area contributed by atoms with Crippen molar-refractivity contribution in [3.8, 4) is 11.5 Å². The van der Waals surface area contributed by atoms with Gasteiger partial charge in [-0.1, -0.05) is 0 Å². The third-order valence-corrected chi connectivity index (χ3v) is 4.95. The Balaban J connectivity index is 2.06. The molecule has 0 radical (unpaired) electrons. The van der Waals surface area contributed by atoms with Gasteiger partial charge in [0.25, 0.3) is 15.8 Å². The number of hydrogen-bond donors (Lipinski definition) is 1. The van der Waals surface area contributed by atoms with Gasteiger partial charge in [-0.3, -0.25) is 14.3 Å². The number of nitro benzene ring substituents is 1. The summed E-state index contributed by atoms with van der Waals surface area (Å²) in [5.41, 5.74) is 5.23. The van der Waals surface area contributed by atoms with Gasteiger partial charge in [0.1, 0.15) is 0 Å². The summed E-state index contributed by atoms with van der Waals surface area (Å²) in [5, 5.41) is 15.3. The van der Waals surface area contributed by atoms with Crippen molar-refractivity contribution in [3.63, 3.8) is 0 Å². The molecule has 1 aliphatic heterocycles. The average Bonchev–Trinajstić information content (AvgIpc) is 3.11. The second-order valence-electron chi connectivity index (χ2n) is 6.67. The zero-order valence-corrected chi connectivity index (χ0v) is 17.4. The quantitative estimate of drug-likeness (QED) is 0.289. The molecule has 11 heteroatoms. The van der Waals surface area contributed by atoms with Gasteiger partial charge < -0.3 is 14.9 Å². The number of non-ortho nitro benzene ring substituents is 1. The zero-order chi connectivity index (χ0) is 21.9. The highest BCUT2D eigenvalue weighted by Crippen LogP contribution is 2.36. The van der Waals surface area contributed by atoms with Crippen LogP contribution in [0.5, 0.6) is 11.5 Å². The molecule has 1 aliphatic rings. The van der Waals surface area contributed by atoms with Gasteiger partial charge in [0.15, 0.2) is 11.5 Å². The number of hydrogen-bond acceptors (Lipinski definition) is 9. The predicted octanol–water partition coefficient (Wildman–Crippen LogP) is 2.20. The summed E-state index contributed by atoms with van der Waals surface area (Å²) in [4.78, 5) is 10.5. The molecule has 1 N–H and O–H groups in total. The molecule has 2 aromatic rings. The van der Waals surface area contributed by atoms with Crippen LogP contribution in [0.3, 0.4) is 0 Å². The molecule has 1 atom stereocenters. The third-order valence-electron chi connectivity index (χ3n) is 4.28. The van der Waals surface area contributed by atoms with Gasteiger partial charge in [-0.05, 0) is 36.8 Å². The minimum atomic E-state index is -3.63. The second-order valence-corrected chi connectivity index (χ2v) is 8.27. The summed E-state index contributed by atoms with van der Waals surface area (Å²) in [7, 11) is -1.99. The number of hydrazone groups is 1. The lowest BCUT2D eigenvalue weighted by atomic mass is 9.94. The first-order valence-corrected chi connectivity index (χ1v) is 10.8. The van der Waals surface area contributed by atoms with E-state index in [0.29, 0.717) is 28.3 Å². The van der Waals surface area contributed by atoms with Crippen molar-refractivity contribution in [2.24, 2.45) is 5.10 Å². The van der Waals surface area contributed by atoms with Crippen LogP contribution in [0.1, 0.15) is 23.6 Å². The molecule has 3 rings (SSSR count). The van der Waals surface area contributed by atoms with Gasteiger partial charge in [0.05, 0.1) is 23.0 Å². The van der Waals surface area contributed by atoms with Gasteiger partial charge in [-0.25, -0.2) is 0 Å². The molecule has 0 aromatic heterocycles. The molecular weight excluding hydrogens is 414 g/mol. The van der Waals surface area contributed by atoms with E-state index in [-0.39, 0.29) is 18.9 Å². The Kier molecular flexibility index (Phi) is 6.22. The van der Waals surface area contributed by atoms with Crippen LogP contribution in [0.15, 0.2) is 41.5 Å². The number of nitrogens with zero attached hydrogens (tertiary/aromatic N) is 2. The van der Waals surface area contributed by atoms with Gasteiger partial charge in [-0.15, -0.1) is 0 Å². The van der Waals surface area contributed by atoms with Crippen molar-refractivity contribution < 1.29 is 27.0 Å². The highest BCUT2D eigenvalue weighted by atomic mass is 32.2. The van der Waals surface area contributed by atoms with E-state index in [0.717, 1.165) is 11.8 Å². The van der Waals surface area contributed by atoms with E-state index in [1.807, 2.05) is 0 Å². The van der Waals surface area contributed by atoms with Gasteiger partial charge >= 0.3 is 0 Å². The Morgan fingerprint density at radius 2 is 1.90 bits per heavy atom. The molecule has 0 amide bonds. The average molecular weight is 435 g/mol. The van der Waals surface area contributed by atoms with E-state index in [9.17, 15) is 18.5 Å². The van der Waals surface area contributed by atoms with Crippen LogP contribution in [-0.2, 0) is 20.7 Å². The molecule has 0 saturated heterocycles. The maximum atomic E-state index is 11.5. The van der Waals surface area contributed by atoms with Crippen LogP contribution in [-0.4, -0.2) is 45.3 Å². The largest absolute Gasteiger partial charge is 0.454 e. The van der Waals surface area contributed by atoms with E-state index >= 15 is 0 Å². The number of rotatable bonds is 8. The van der Waals surface area contributed by atoms with Crippen molar-refractivity contribution in [3.05, 3.63) is 63.2 Å². The van der Waals surface area contributed by atoms with Crippen LogP contribution in [0.2, 0.25) is 0 Å². The highest BCUT2D eigenvalue weighted by molar-refractivity contribution is 7.86. The molecule has 160 valence electrons. The fourth-order valence-corrected chi connectivity index (χ4v) is 3.81. The van der Waals surface area contributed by atoms with Crippen molar-refractivity contribution in [1.29, 1.82) is 0 Å². The summed E-state index contributed by atoms with van der Waals surface area (Å²) >= 11 is 0. The molecule has 0 fully saturated rings. The molecule has 10 nitrogen and oxygen atoms in total. The Hall–Kier alpha value is -3.18. The summed E-state index contributed by atoms with van der Waals surface area (Å²) in [6, 6.07) is 9.49. The SMILES string of the molecule is CNN=C(c1ccc([N+](=O)[O-])cc1)c1cc2c(cc1C[C@H](C)OS(C)(=O)=O)OCO2. The van der Waals surface area contributed by atoms with Gasteiger partial charge in [-0.2, -0.15) is 13.5 Å². The first-order valence-electron chi connectivity index (χ1n) is 8.98. The monoisotopic (exact) mass is 435 g/mol. The van der Waals surface area contributed by atoms with E-state index in [2.05, 4.69) is 10.5 Å².